The molecule has 1 aliphatic heterocycles. The average Bonchev–Trinajstić information content (AvgIpc) is 2.36. The molecule has 1 unspecified atom stereocenters. The maximum absolute atomic E-state index is 12.0. The third-order valence-electron chi connectivity index (χ3n) is 2.90. The van der Waals surface area contributed by atoms with Gasteiger partial charge in [-0.2, -0.15) is 18.0 Å². The van der Waals surface area contributed by atoms with Crippen molar-refractivity contribution in [3.8, 4) is 6.07 Å². The number of hydrogen-bond donors (Lipinski definition) is 1. The Balaban J connectivity index is 2.55. The van der Waals surface area contributed by atoms with Crippen LogP contribution in [0.1, 0.15) is 20.8 Å². The molecule has 1 aliphatic rings. The van der Waals surface area contributed by atoms with Gasteiger partial charge in [0, 0.05) is 26.2 Å². The SMILES string of the molecule is CC(C)OC(=O)NS(=O)(=O)N1CCN(C(C)C#N)CC1. The first-order chi connectivity index (χ1) is 9.26. The van der Waals surface area contributed by atoms with E-state index in [1.165, 1.54) is 4.31 Å². The van der Waals surface area contributed by atoms with Crippen LogP contribution in [0.25, 0.3) is 0 Å². The Morgan fingerprint density at radius 1 is 1.25 bits per heavy atom. The molecule has 1 atom stereocenters. The second-order valence-electron chi connectivity index (χ2n) is 4.80. The smallest absolute Gasteiger partial charge is 0.422 e. The van der Waals surface area contributed by atoms with Crippen molar-refractivity contribution in [1.82, 2.24) is 13.9 Å². The number of ether oxygens (including phenoxy) is 1. The van der Waals surface area contributed by atoms with Crippen molar-refractivity contribution in [1.29, 1.82) is 5.26 Å². The van der Waals surface area contributed by atoms with Crippen molar-refractivity contribution in [2.75, 3.05) is 26.2 Å². The summed E-state index contributed by atoms with van der Waals surface area (Å²) in [5, 5.41) is 8.82. The van der Waals surface area contributed by atoms with Gasteiger partial charge in [-0.25, -0.2) is 9.52 Å². The molecule has 1 amide bonds. The van der Waals surface area contributed by atoms with E-state index in [9.17, 15) is 13.2 Å². The van der Waals surface area contributed by atoms with Gasteiger partial charge in [0.05, 0.1) is 18.2 Å². The van der Waals surface area contributed by atoms with E-state index in [1.807, 2.05) is 9.62 Å². The molecule has 0 saturated carbocycles. The Kier molecular flexibility index (Phi) is 5.74. The van der Waals surface area contributed by atoms with E-state index in [-0.39, 0.29) is 19.1 Å². The third-order valence-corrected chi connectivity index (χ3v) is 4.37. The second kappa shape index (κ2) is 6.88. The fourth-order valence-electron chi connectivity index (χ4n) is 1.82. The maximum Gasteiger partial charge on any atom is 0.422 e. The topological polar surface area (TPSA) is 103 Å². The van der Waals surface area contributed by atoms with Crippen LogP contribution in [0.3, 0.4) is 0 Å². The van der Waals surface area contributed by atoms with E-state index < -0.39 is 22.4 Å². The number of piperazine rings is 1. The normalized spacial score (nSPS) is 19.4. The van der Waals surface area contributed by atoms with Gasteiger partial charge in [-0.1, -0.05) is 0 Å². The number of rotatable bonds is 4. The van der Waals surface area contributed by atoms with Crippen molar-refractivity contribution in [2.24, 2.45) is 0 Å². The van der Waals surface area contributed by atoms with Crippen LogP contribution in [-0.4, -0.2) is 62.0 Å². The molecule has 9 heteroatoms. The summed E-state index contributed by atoms with van der Waals surface area (Å²) in [7, 11) is -3.88. The lowest BCUT2D eigenvalue weighted by atomic mass is 10.2. The van der Waals surface area contributed by atoms with Gasteiger partial charge in [0.25, 0.3) is 0 Å². The largest absolute Gasteiger partial charge is 0.446 e. The van der Waals surface area contributed by atoms with Gasteiger partial charge in [0.15, 0.2) is 0 Å². The monoisotopic (exact) mass is 304 g/mol. The second-order valence-corrected chi connectivity index (χ2v) is 6.47. The molecule has 8 nitrogen and oxygen atoms in total. The van der Waals surface area contributed by atoms with Crippen LogP contribution in [0, 0.1) is 11.3 Å². The summed E-state index contributed by atoms with van der Waals surface area (Å²) in [5.74, 6) is 0. The summed E-state index contributed by atoms with van der Waals surface area (Å²) in [4.78, 5) is 13.2. The molecule has 0 aromatic carbocycles. The van der Waals surface area contributed by atoms with Crippen LogP contribution in [0.2, 0.25) is 0 Å². The number of carbonyl (C=O) groups is 1. The highest BCUT2D eigenvalue weighted by molar-refractivity contribution is 7.87. The minimum atomic E-state index is -3.88. The molecule has 1 heterocycles. The maximum atomic E-state index is 12.0. The number of nitriles is 1. The summed E-state index contributed by atoms with van der Waals surface area (Å²) in [5.41, 5.74) is 0. The summed E-state index contributed by atoms with van der Waals surface area (Å²) in [6.07, 6.45) is -1.37. The van der Waals surface area contributed by atoms with Gasteiger partial charge in [-0.05, 0) is 20.8 Å². The summed E-state index contributed by atoms with van der Waals surface area (Å²) in [6.45, 7) is 6.40. The molecule has 0 aromatic rings. The molecule has 1 fully saturated rings. The Bertz CT molecular complexity index is 477. The summed E-state index contributed by atoms with van der Waals surface area (Å²) < 4.78 is 31.7. The van der Waals surface area contributed by atoms with Gasteiger partial charge in [0.2, 0.25) is 0 Å². The lowest BCUT2D eigenvalue weighted by Crippen LogP contribution is -2.54. The van der Waals surface area contributed by atoms with Crippen molar-refractivity contribution >= 4 is 16.3 Å². The van der Waals surface area contributed by atoms with Crippen molar-refractivity contribution < 1.29 is 17.9 Å². The first kappa shape index (κ1) is 16.7. The van der Waals surface area contributed by atoms with Crippen LogP contribution >= 0.6 is 0 Å². The van der Waals surface area contributed by atoms with Crippen molar-refractivity contribution in [2.45, 2.75) is 32.9 Å². The van der Waals surface area contributed by atoms with Gasteiger partial charge in [0.1, 0.15) is 0 Å². The Labute approximate surface area is 119 Å². The van der Waals surface area contributed by atoms with E-state index in [0.717, 1.165) is 0 Å². The highest BCUT2D eigenvalue weighted by Gasteiger charge is 2.30. The zero-order chi connectivity index (χ0) is 15.3. The number of amides is 1. The molecule has 0 radical (unpaired) electrons. The highest BCUT2D eigenvalue weighted by Crippen LogP contribution is 2.09. The lowest BCUT2D eigenvalue weighted by molar-refractivity contribution is 0.120. The molecule has 0 aliphatic carbocycles. The first-order valence-corrected chi connectivity index (χ1v) is 7.82. The van der Waals surface area contributed by atoms with E-state index in [2.05, 4.69) is 6.07 Å². The predicted octanol–water partition coefficient (Wildman–Crippen LogP) is -0.105. The van der Waals surface area contributed by atoms with E-state index in [0.29, 0.717) is 13.1 Å². The fourth-order valence-corrected chi connectivity index (χ4v) is 2.85. The molecule has 1 N–H and O–H groups in total. The van der Waals surface area contributed by atoms with Crippen molar-refractivity contribution in [3.63, 3.8) is 0 Å². The summed E-state index contributed by atoms with van der Waals surface area (Å²) >= 11 is 0. The molecule has 1 rings (SSSR count). The molecule has 20 heavy (non-hydrogen) atoms. The van der Waals surface area contributed by atoms with Crippen LogP contribution in [0.4, 0.5) is 4.79 Å². The van der Waals surface area contributed by atoms with Gasteiger partial charge < -0.3 is 4.74 Å². The Hall–Kier alpha value is -1.37. The van der Waals surface area contributed by atoms with E-state index >= 15 is 0 Å². The van der Waals surface area contributed by atoms with Crippen LogP contribution in [-0.2, 0) is 14.9 Å². The van der Waals surface area contributed by atoms with Crippen molar-refractivity contribution in [3.05, 3.63) is 0 Å². The molecule has 114 valence electrons. The van der Waals surface area contributed by atoms with E-state index in [1.54, 1.807) is 20.8 Å². The van der Waals surface area contributed by atoms with Gasteiger partial charge in [-0.3, -0.25) is 4.90 Å². The Morgan fingerprint density at radius 2 is 1.80 bits per heavy atom. The molecule has 0 aromatic heterocycles. The molecule has 1 saturated heterocycles. The van der Waals surface area contributed by atoms with Gasteiger partial charge >= 0.3 is 16.3 Å². The van der Waals surface area contributed by atoms with E-state index in [4.69, 9.17) is 10.00 Å². The molecular formula is C11H20N4O4S. The molecule has 0 spiro atoms. The van der Waals surface area contributed by atoms with Gasteiger partial charge in [-0.15, -0.1) is 0 Å². The van der Waals surface area contributed by atoms with Crippen LogP contribution in [0.5, 0.6) is 0 Å². The zero-order valence-electron chi connectivity index (χ0n) is 11.9. The summed E-state index contributed by atoms with van der Waals surface area (Å²) in [6, 6.07) is 1.86. The standard InChI is InChI=1S/C11H20N4O4S/c1-9(2)19-11(16)13-20(17,18)15-6-4-14(5-7-15)10(3)8-12/h9-10H,4-7H2,1-3H3,(H,13,16). The highest BCUT2D eigenvalue weighted by atomic mass is 32.2. The van der Waals surface area contributed by atoms with Crippen LogP contribution in [0.15, 0.2) is 0 Å². The average molecular weight is 304 g/mol. The van der Waals surface area contributed by atoms with Crippen LogP contribution < -0.4 is 4.72 Å². The number of nitrogens with one attached hydrogen (secondary N) is 1. The molecular weight excluding hydrogens is 284 g/mol. The fraction of sp³-hybridized carbons (Fsp3) is 0.818. The third kappa shape index (κ3) is 4.63. The Morgan fingerprint density at radius 3 is 2.25 bits per heavy atom. The number of carbonyl (C=O) groups excluding carboxylic acids is 1. The quantitative estimate of drug-likeness (QED) is 0.777. The first-order valence-electron chi connectivity index (χ1n) is 6.38. The zero-order valence-corrected chi connectivity index (χ0v) is 12.7. The predicted molar refractivity (Wildman–Crippen MR) is 71.9 cm³/mol. The minimum Gasteiger partial charge on any atom is -0.446 e. The molecule has 0 bridgehead atoms. The lowest BCUT2D eigenvalue weighted by Gasteiger charge is -2.34. The number of nitrogens with zero attached hydrogens (tertiary/aromatic N) is 3. The minimum absolute atomic E-state index is 0.232. The number of hydrogen-bond acceptors (Lipinski definition) is 6.